The van der Waals surface area contributed by atoms with Gasteiger partial charge in [-0.05, 0) is 51.0 Å². The fourth-order valence-corrected chi connectivity index (χ4v) is 3.74. The molecule has 0 saturated heterocycles. The molecule has 7 nitrogen and oxygen atoms in total. The highest BCUT2D eigenvalue weighted by Crippen LogP contribution is 2.37. The van der Waals surface area contributed by atoms with Crippen molar-refractivity contribution in [3.63, 3.8) is 0 Å². The summed E-state index contributed by atoms with van der Waals surface area (Å²) in [5.74, 6) is 0.547. The Hall–Kier alpha value is -3.32. The smallest absolute Gasteiger partial charge is 0.278 e. The van der Waals surface area contributed by atoms with E-state index in [0.717, 1.165) is 16.7 Å². The van der Waals surface area contributed by atoms with Crippen molar-refractivity contribution in [2.45, 2.75) is 33.8 Å². The zero-order valence-corrected chi connectivity index (χ0v) is 18.2. The van der Waals surface area contributed by atoms with E-state index in [9.17, 15) is 9.59 Å². The summed E-state index contributed by atoms with van der Waals surface area (Å²) in [5, 5.41) is 3.16. The van der Waals surface area contributed by atoms with E-state index >= 15 is 0 Å². The number of hydrogen-bond donors (Lipinski definition) is 1. The molecule has 0 atom stereocenters. The van der Waals surface area contributed by atoms with Crippen molar-refractivity contribution in [2.75, 3.05) is 25.3 Å². The highest BCUT2D eigenvalue weighted by molar-refractivity contribution is 6.36. The number of anilines is 1. The van der Waals surface area contributed by atoms with Crippen LogP contribution in [0.2, 0.25) is 0 Å². The number of nitrogens with zero attached hydrogens (tertiary/aromatic N) is 1. The minimum atomic E-state index is -0.370. The van der Waals surface area contributed by atoms with Crippen LogP contribution in [0.5, 0.6) is 11.5 Å². The number of aryl methyl sites for hydroxylation is 2. The number of hydrogen-bond acceptors (Lipinski definition) is 6. The van der Waals surface area contributed by atoms with Gasteiger partial charge in [0.15, 0.2) is 11.5 Å². The predicted molar refractivity (Wildman–Crippen MR) is 117 cm³/mol. The highest BCUT2D eigenvalue weighted by atomic mass is 16.7. The van der Waals surface area contributed by atoms with E-state index < -0.39 is 0 Å². The molecule has 2 heterocycles. The first-order valence-electron chi connectivity index (χ1n) is 10.3. The monoisotopic (exact) mass is 422 g/mol. The van der Waals surface area contributed by atoms with E-state index in [2.05, 4.69) is 5.32 Å². The molecule has 31 heavy (non-hydrogen) atoms. The van der Waals surface area contributed by atoms with Crippen molar-refractivity contribution in [3.05, 3.63) is 58.8 Å². The number of carbonyl (C=O) groups is 2. The summed E-state index contributed by atoms with van der Waals surface area (Å²) < 4.78 is 16.4. The van der Waals surface area contributed by atoms with Gasteiger partial charge in [0.1, 0.15) is 5.70 Å². The minimum absolute atomic E-state index is 0.0193. The fourth-order valence-electron chi connectivity index (χ4n) is 3.74. The van der Waals surface area contributed by atoms with E-state index in [4.69, 9.17) is 14.2 Å². The quantitative estimate of drug-likeness (QED) is 0.687. The van der Waals surface area contributed by atoms with Gasteiger partial charge in [-0.3, -0.25) is 14.5 Å². The van der Waals surface area contributed by atoms with Crippen LogP contribution < -0.4 is 14.8 Å². The summed E-state index contributed by atoms with van der Waals surface area (Å²) in [4.78, 5) is 27.8. The molecule has 0 fully saturated rings. The average Bonchev–Trinajstić information content (AvgIpc) is 3.26. The molecule has 162 valence electrons. The van der Waals surface area contributed by atoms with Crippen LogP contribution in [0.1, 0.15) is 30.5 Å². The second-order valence-corrected chi connectivity index (χ2v) is 7.94. The molecule has 4 rings (SSSR count). The Morgan fingerprint density at radius 1 is 1.03 bits per heavy atom. The number of fused-ring (bicyclic) bond motifs is 1. The normalized spacial score (nSPS) is 15.5. The number of carbonyl (C=O) groups excluding carboxylic acids is 2. The lowest BCUT2D eigenvalue weighted by Crippen LogP contribution is -2.35. The molecule has 2 aromatic rings. The minimum Gasteiger partial charge on any atom is -0.454 e. The van der Waals surface area contributed by atoms with Crippen molar-refractivity contribution in [2.24, 2.45) is 0 Å². The highest BCUT2D eigenvalue weighted by Gasteiger charge is 2.39. The Kier molecular flexibility index (Phi) is 5.69. The third-order valence-corrected chi connectivity index (χ3v) is 5.23. The maximum Gasteiger partial charge on any atom is 0.278 e. The standard InChI is InChI=1S/C24H26N2O5/c1-14(2)29-10-9-26-23(27)21(18-7-5-15(3)11-16(18)4)22(24(26)28)25-17-6-8-19-20(12-17)31-13-30-19/h5-8,11-12,14,25H,9-10,13H2,1-4H3. The first kappa shape index (κ1) is 20.9. The van der Waals surface area contributed by atoms with Crippen LogP contribution in [0.4, 0.5) is 5.69 Å². The molecule has 0 aliphatic carbocycles. The number of rotatable bonds is 7. The first-order valence-corrected chi connectivity index (χ1v) is 10.3. The van der Waals surface area contributed by atoms with Gasteiger partial charge in [-0.25, -0.2) is 0 Å². The van der Waals surface area contributed by atoms with Crippen LogP contribution >= 0.6 is 0 Å². The lowest BCUT2D eigenvalue weighted by molar-refractivity contribution is -0.137. The van der Waals surface area contributed by atoms with Crippen LogP contribution in [-0.4, -0.2) is 42.8 Å². The SMILES string of the molecule is Cc1ccc(C2=C(Nc3ccc4c(c3)OCO4)C(=O)N(CCOC(C)C)C2=O)c(C)c1. The molecule has 2 aromatic carbocycles. The molecule has 0 unspecified atom stereocenters. The van der Waals surface area contributed by atoms with Gasteiger partial charge in [0.25, 0.3) is 11.8 Å². The second kappa shape index (κ2) is 8.43. The van der Waals surface area contributed by atoms with E-state index in [1.54, 1.807) is 18.2 Å². The Morgan fingerprint density at radius 3 is 2.55 bits per heavy atom. The molecular formula is C24H26N2O5. The van der Waals surface area contributed by atoms with Gasteiger partial charge in [0.05, 0.1) is 24.8 Å². The third kappa shape index (κ3) is 4.14. The lowest BCUT2D eigenvalue weighted by atomic mass is 9.97. The van der Waals surface area contributed by atoms with Gasteiger partial charge in [-0.2, -0.15) is 0 Å². The van der Waals surface area contributed by atoms with E-state index in [-0.39, 0.29) is 43.6 Å². The summed E-state index contributed by atoms with van der Waals surface area (Å²) in [6.45, 7) is 8.41. The Balaban J connectivity index is 1.71. The summed E-state index contributed by atoms with van der Waals surface area (Å²) in [6.07, 6.45) is 0.0193. The van der Waals surface area contributed by atoms with Crippen LogP contribution in [-0.2, 0) is 14.3 Å². The number of benzene rings is 2. The topological polar surface area (TPSA) is 77.1 Å². The maximum absolute atomic E-state index is 13.3. The Morgan fingerprint density at radius 2 is 1.81 bits per heavy atom. The summed E-state index contributed by atoms with van der Waals surface area (Å²) in [5.41, 5.74) is 4.01. The zero-order valence-electron chi connectivity index (χ0n) is 18.2. The Labute approximate surface area is 181 Å². The number of amides is 2. The lowest BCUT2D eigenvalue weighted by Gasteiger charge is -2.16. The van der Waals surface area contributed by atoms with Crippen molar-refractivity contribution < 1.29 is 23.8 Å². The molecule has 0 aromatic heterocycles. The largest absolute Gasteiger partial charge is 0.454 e. The van der Waals surface area contributed by atoms with Gasteiger partial charge in [-0.15, -0.1) is 0 Å². The van der Waals surface area contributed by atoms with Gasteiger partial charge >= 0.3 is 0 Å². The van der Waals surface area contributed by atoms with Crippen LogP contribution in [0.25, 0.3) is 5.57 Å². The molecular weight excluding hydrogens is 396 g/mol. The molecule has 0 bridgehead atoms. The zero-order chi connectivity index (χ0) is 22.1. The van der Waals surface area contributed by atoms with Crippen molar-refractivity contribution in [3.8, 4) is 11.5 Å². The molecule has 7 heteroatoms. The van der Waals surface area contributed by atoms with Crippen LogP contribution in [0.15, 0.2) is 42.1 Å². The van der Waals surface area contributed by atoms with E-state index in [1.165, 1.54) is 4.90 Å². The third-order valence-electron chi connectivity index (χ3n) is 5.23. The van der Waals surface area contributed by atoms with E-state index in [0.29, 0.717) is 22.8 Å². The number of imide groups is 1. The molecule has 0 radical (unpaired) electrons. The summed E-state index contributed by atoms with van der Waals surface area (Å²) >= 11 is 0. The van der Waals surface area contributed by atoms with Gasteiger partial charge in [0.2, 0.25) is 6.79 Å². The molecule has 0 saturated carbocycles. The van der Waals surface area contributed by atoms with Gasteiger partial charge in [-0.1, -0.05) is 23.8 Å². The van der Waals surface area contributed by atoms with Crippen molar-refractivity contribution in [1.82, 2.24) is 4.90 Å². The first-order chi connectivity index (χ1) is 14.8. The van der Waals surface area contributed by atoms with Crippen LogP contribution in [0, 0.1) is 13.8 Å². The van der Waals surface area contributed by atoms with Crippen LogP contribution in [0.3, 0.4) is 0 Å². The molecule has 1 N–H and O–H groups in total. The number of ether oxygens (including phenoxy) is 3. The molecule has 2 aliphatic heterocycles. The molecule has 0 spiro atoms. The van der Waals surface area contributed by atoms with Crippen molar-refractivity contribution >= 4 is 23.1 Å². The average molecular weight is 422 g/mol. The Bertz CT molecular complexity index is 1070. The second-order valence-electron chi connectivity index (χ2n) is 7.94. The van der Waals surface area contributed by atoms with Crippen molar-refractivity contribution in [1.29, 1.82) is 0 Å². The van der Waals surface area contributed by atoms with E-state index in [1.807, 2.05) is 45.9 Å². The van der Waals surface area contributed by atoms with Gasteiger partial charge < -0.3 is 19.5 Å². The maximum atomic E-state index is 13.3. The summed E-state index contributed by atoms with van der Waals surface area (Å²) in [6, 6.07) is 11.2. The molecule has 2 aliphatic rings. The predicted octanol–water partition coefficient (Wildman–Crippen LogP) is 3.65. The number of nitrogens with one attached hydrogen (secondary N) is 1. The fraction of sp³-hybridized carbons (Fsp3) is 0.333. The summed E-state index contributed by atoms with van der Waals surface area (Å²) in [7, 11) is 0. The van der Waals surface area contributed by atoms with Gasteiger partial charge in [0, 0.05) is 11.8 Å². The molecule has 2 amide bonds.